The summed E-state index contributed by atoms with van der Waals surface area (Å²) in [6.07, 6.45) is 0.781. The van der Waals surface area contributed by atoms with Gasteiger partial charge in [-0.15, -0.1) is 0 Å². The lowest BCUT2D eigenvalue weighted by molar-refractivity contribution is 0.214. The molecule has 2 aromatic rings. The Morgan fingerprint density at radius 3 is 3.00 bits per heavy atom. The molecule has 0 radical (unpaired) electrons. The summed E-state index contributed by atoms with van der Waals surface area (Å²) in [5, 5.41) is 5.81. The van der Waals surface area contributed by atoms with Gasteiger partial charge in [-0.2, -0.15) is 0 Å². The van der Waals surface area contributed by atoms with Crippen LogP contribution in [0.1, 0.15) is 11.1 Å². The van der Waals surface area contributed by atoms with Gasteiger partial charge in [-0.3, -0.25) is 0 Å². The molecule has 5 heteroatoms. The van der Waals surface area contributed by atoms with Gasteiger partial charge >= 0.3 is 6.03 Å². The molecule has 23 heavy (non-hydrogen) atoms. The van der Waals surface area contributed by atoms with Gasteiger partial charge in [0.15, 0.2) is 0 Å². The van der Waals surface area contributed by atoms with E-state index in [1.165, 1.54) is 0 Å². The monoisotopic (exact) mass is 312 g/mol. The van der Waals surface area contributed by atoms with Gasteiger partial charge in [0, 0.05) is 6.54 Å². The molecule has 1 aliphatic heterocycles. The lowest BCUT2D eigenvalue weighted by atomic mass is 10.0. The Kier molecular flexibility index (Phi) is 4.66. The largest absolute Gasteiger partial charge is 0.497 e. The Hall–Kier alpha value is -2.69. The zero-order chi connectivity index (χ0) is 16.1. The van der Waals surface area contributed by atoms with Crippen LogP contribution < -0.4 is 20.1 Å². The number of methoxy groups -OCH3 is 1. The Balaban J connectivity index is 1.50. The number of benzene rings is 2. The van der Waals surface area contributed by atoms with Crippen LogP contribution in [0.15, 0.2) is 48.5 Å². The molecule has 0 fully saturated rings. The zero-order valence-corrected chi connectivity index (χ0v) is 13.0. The summed E-state index contributed by atoms with van der Waals surface area (Å²) in [4.78, 5) is 12.0. The fourth-order valence-electron chi connectivity index (χ4n) is 2.62. The van der Waals surface area contributed by atoms with Gasteiger partial charge in [-0.05, 0) is 35.7 Å². The van der Waals surface area contributed by atoms with Crippen molar-refractivity contribution >= 4 is 6.03 Å². The first kappa shape index (κ1) is 15.2. The second-order valence-electron chi connectivity index (χ2n) is 5.50. The van der Waals surface area contributed by atoms with Crippen molar-refractivity contribution in [3.63, 3.8) is 0 Å². The zero-order valence-electron chi connectivity index (χ0n) is 13.0. The number of rotatable bonds is 4. The van der Waals surface area contributed by atoms with E-state index in [0.29, 0.717) is 13.2 Å². The summed E-state index contributed by atoms with van der Waals surface area (Å²) in [5.41, 5.74) is 2.11. The van der Waals surface area contributed by atoms with Crippen molar-refractivity contribution in [2.45, 2.75) is 19.0 Å². The maximum absolute atomic E-state index is 12.0. The van der Waals surface area contributed by atoms with Crippen LogP contribution in [0.5, 0.6) is 11.5 Å². The average Bonchev–Trinajstić information content (AvgIpc) is 2.60. The molecule has 0 unspecified atom stereocenters. The van der Waals surface area contributed by atoms with E-state index >= 15 is 0 Å². The van der Waals surface area contributed by atoms with Gasteiger partial charge in [-0.1, -0.05) is 30.3 Å². The van der Waals surface area contributed by atoms with Gasteiger partial charge in [-0.25, -0.2) is 4.79 Å². The maximum atomic E-state index is 12.0. The third-order valence-electron chi connectivity index (χ3n) is 3.80. The fourth-order valence-corrected chi connectivity index (χ4v) is 2.62. The topological polar surface area (TPSA) is 59.6 Å². The molecule has 3 rings (SSSR count). The SMILES string of the molecule is COc1cccc(CNC(=O)N[C@@H]2COc3ccccc3C2)c1. The van der Waals surface area contributed by atoms with Crippen LogP contribution in [0.3, 0.4) is 0 Å². The van der Waals surface area contributed by atoms with E-state index in [1.54, 1.807) is 7.11 Å². The van der Waals surface area contributed by atoms with E-state index in [4.69, 9.17) is 9.47 Å². The number of amides is 2. The minimum Gasteiger partial charge on any atom is -0.497 e. The number of carbonyl (C=O) groups excluding carboxylic acids is 1. The first-order valence-electron chi connectivity index (χ1n) is 7.62. The van der Waals surface area contributed by atoms with Gasteiger partial charge in [0.25, 0.3) is 0 Å². The lowest BCUT2D eigenvalue weighted by Crippen LogP contribution is -2.47. The predicted molar refractivity (Wildman–Crippen MR) is 87.8 cm³/mol. The molecular formula is C18H20N2O3. The molecule has 120 valence electrons. The second-order valence-corrected chi connectivity index (χ2v) is 5.50. The molecule has 5 nitrogen and oxygen atoms in total. The molecule has 0 saturated carbocycles. The van der Waals surface area contributed by atoms with Crippen molar-refractivity contribution in [2.24, 2.45) is 0 Å². The predicted octanol–water partition coefficient (Wildman–Crippen LogP) is 2.50. The summed E-state index contributed by atoms with van der Waals surface area (Å²) >= 11 is 0. The molecule has 2 aromatic carbocycles. The first-order valence-corrected chi connectivity index (χ1v) is 7.62. The quantitative estimate of drug-likeness (QED) is 0.912. The third kappa shape index (κ3) is 3.94. The summed E-state index contributed by atoms with van der Waals surface area (Å²) in [6.45, 7) is 0.941. The van der Waals surface area contributed by atoms with Crippen LogP contribution >= 0.6 is 0 Å². The van der Waals surface area contributed by atoms with Crippen LogP contribution in [-0.4, -0.2) is 25.8 Å². The molecule has 0 bridgehead atoms. The van der Waals surface area contributed by atoms with Crippen molar-refractivity contribution < 1.29 is 14.3 Å². The Morgan fingerprint density at radius 2 is 2.13 bits per heavy atom. The normalized spacial score (nSPS) is 16.0. The van der Waals surface area contributed by atoms with E-state index in [2.05, 4.69) is 10.6 Å². The highest BCUT2D eigenvalue weighted by Crippen LogP contribution is 2.23. The summed E-state index contributed by atoms with van der Waals surface area (Å²) in [5.74, 6) is 1.68. The van der Waals surface area contributed by atoms with Crippen LogP contribution in [0, 0.1) is 0 Å². The number of nitrogens with one attached hydrogen (secondary N) is 2. The van der Waals surface area contributed by atoms with Crippen molar-refractivity contribution in [3.8, 4) is 11.5 Å². The van der Waals surface area contributed by atoms with Gasteiger partial charge in [0.05, 0.1) is 13.2 Å². The minimum absolute atomic E-state index is 0.0183. The second kappa shape index (κ2) is 7.05. The highest BCUT2D eigenvalue weighted by molar-refractivity contribution is 5.74. The smallest absolute Gasteiger partial charge is 0.315 e. The number of carbonyl (C=O) groups is 1. The molecule has 2 amide bonds. The number of ether oxygens (including phenoxy) is 2. The molecule has 1 heterocycles. The highest BCUT2D eigenvalue weighted by Gasteiger charge is 2.20. The molecule has 0 aromatic heterocycles. The molecule has 0 spiro atoms. The summed E-state index contributed by atoms with van der Waals surface area (Å²) in [6, 6.07) is 15.3. The molecule has 2 N–H and O–H groups in total. The van der Waals surface area contributed by atoms with Crippen molar-refractivity contribution in [1.82, 2.24) is 10.6 Å². The van der Waals surface area contributed by atoms with E-state index < -0.39 is 0 Å². The van der Waals surface area contributed by atoms with Gasteiger partial charge in [0.1, 0.15) is 18.1 Å². The molecule has 0 aliphatic carbocycles. The van der Waals surface area contributed by atoms with E-state index in [1.807, 2.05) is 48.5 Å². The fraction of sp³-hybridized carbons (Fsp3) is 0.278. The molecular weight excluding hydrogens is 292 g/mol. The van der Waals surface area contributed by atoms with Crippen molar-refractivity contribution in [3.05, 3.63) is 59.7 Å². The number of fused-ring (bicyclic) bond motifs is 1. The van der Waals surface area contributed by atoms with Crippen LogP contribution in [0.25, 0.3) is 0 Å². The third-order valence-corrected chi connectivity index (χ3v) is 3.80. The van der Waals surface area contributed by atoms with Crippen LogP contribution in [-0.2, 0) is 13.0 Å². The minimum atomic E-state index is -0.194. The average molecular weight is 312 g/mol. The maximum Gasteiger partial charge on any atom is 0.315 e. The highest BCUT2D eigenvalue weighted by atomic mass is 16.5. The van der Waals surface area contributed by atoms with Crippen LogP contribution in [0.4, 0.5) is 4.79 Å². The Labute approximate surface area is 135 Å². The number of hydrogen-bond acceptors (Lipinski definition) is 3. The number of urea groups is 1. The van der Waals surface area contributed by atoms with E-state index in [0.717, 1.165) is 29.0 Å². The standard InChI is InChI=1S/C18H20N2O3/c1-22-16-7-4-5-13(9-16)11-19-18(21)20-15-10-14-6-2-3-8-17(14)23-12-15/h2-9,15H,10-12H2,1H3,(H2,19,20,21)/t15-/m0/s1. The lowest BCUT2D eigenvalue weighted by Gasteiger charge is -2.26. The molecule has 0 saturated heterocycles. The first-order chi connectivity index (χ1) is 11.2. The number of para-hydroxylation sites is 1. The Morgan fingerprint density at radius 1 is 1.26 bits per heavy atom. The van der Waals surface area contributed by atoms with Gasteiger partial charge in [0.2, 0.25) is 0 Å². The van der Waals surface area contributed by atoms with E-state index in [-0.39, 0.29) is 12.1 Å². The van der Waals surface area contributed by atoms with Crippen molar-refractivity contribution in [2.75, 3.05) is 13.7 Å². The Bertz CT molecular complexity index is 687. The van der Waals surface area contributed by atoms with Gasteiger partial charge < -0.3 is 20.1 Å². The molecule has 1 atom stereocenters. The number of hydrogen-bond donors (Lipinski definition) is 2. The molecule has 1 aliphatic rings. The van der Waals surface area contributed by atoms with Crippen molar-refractivity contribution in [1.29, 1.82) is 0 Å². The van der Waals surface area contributed by atoms with Crippen LogP contribution in [0.2, 0.25) is 0 Å². The summed E-state index contributed by atoms with van der Waals surface area (Å²) < 4.78 is 10.8. The van der Waals surface area contributed by atoms with E-state index in [9.17, 15) is 4.79 Å². The summed E-state index contributed by atoms with van der Waals surface area (Å²) in [7, 11) is 1.63.